The van der Waals surface area contributed by atoms with Crippen molar-refractivity contribution in [2.75, 3.05) is 11.1 Å². The minimum absolute atomic E-state index is 0.00504. The van der Waals surface area contributed by atoms with Gasteiger partial charge in [-0.25, -0.2) is 0 Å². The van der Waals surface area contributed by atoms with Crippen LogP contribution in [0.15, 0.2) is 29.9 Å². The van der Waals surface area contributed by atoms with Crippen LogP contribution in [0, 0.1) is 38.5 Å². The molecule has 6 heteroatoms. The molecule has 1 heterocycles. The standard InChI is InChI=1S/C26H34N4OS/c1-5-6-30-24(26-12-19-9-20(13-26)11-21(10-19)14-26)28-29-25(30)32-15-22(31)27-23-17(3)7-16(2)8-18(23)4/h5,7-8,19-21H,1,6,9-15H2,2-4H3,(H,27,31). The number of hydrogen-bond donors (Lipinski definition) is 1. The average molecular weight is 451 g/mol. The van der Waals surface area contributed by atoms with Crippen molar-refractivity contribution in [1.82, 2.24) is 14.8 Å². The molecule has 4 fully saturated rings. The highest BCUT2D eigenvalue weighted by Gasteiger charge is 2.53. The number of amides is 1. The molecule has 0 atom stereocenters. The molecule has 5 nitrogen and oxygen atoms in total. The minimum atomic E-state index is -0.00504. The van der Waals surface area contributed by atoms with E-state index in [0.717, 1.165) is 45.5 Å². The lowest BCUT2D eigenvalue weighted by atomic mass is 9.49. The third kappa shape index (κ3) is 3.91. The van der Waals surface area contributed by atoms with Gasteiger partial charge in [-0.15, -0.1) is 16.8 Å². The summed E-state index contributed by atoms with van der Waals surface area (Å²) in [6, 6.07) is 4.21. The van der Waals surface area contributed by atoms with E-state index in [-0.39, 0.29) is 11.3 Å². The summed E-state index contributed by atoms with van der Waals surface area (Å²) >= 11 is 1.48. The Bertz CT molecular complexity index is 998. The number of anilines is 1. The topological polar surface area (TPSA) is 59.8 Å². The highest BCUT2D eigenvalue weighted by atomic mass is 32.2. The average Bonchev–Trinajstić information content (AvgIpc) is 3.12. The predicted octanol–water partition coefficient (Wildman–Crippen LogP) is 5.59. The summed E-state index contributed by atoms with van der Waals surface area (Å²) in [6.45, 7) is 10.8. The zero-order valence-electron chi connectivity index (χ0n) is 19.5. The Morgan fingerprint density at radius 1 is 1.12 bits per heavy atom. The third-order valence-corrected chi connectivity index (χ3v) is 8.78. The van der Waals surface area contributed by atoms with Gasteiger partial charge in [0.25, 0.3) is 0 Å². The van der Waals surface area contributed by atoms with Crippen LogP contribution in [-0.2, 0) is 16.8 Å². The van der Waals surface area contributed by atoms with Crippen LogP contribution in [0.5, 0.6) is 0 Å². The molecule has 0 unspecified atom stereocenters. The lowest BCUT2D eigenvalue weighted by molar-refractivity contribution is -0.113. The monoisotopic (exact) mass is 450 g/mol. The van der Waals surface area contributed by atoms with Gasteiger partial charge in [0.15, 0.2) is 5.16 Å². The summed E-state index contributed by atoms with van der Waals surface area (Å²) in [5.41, 5.74) is 4.51. The van der Waals surface area contributed by atoms with E-state index in [1.165, 1.54) is 55.9 Å². The van der Waals surface area contributed by atoms with Gasteiger partial charge in [-0.1, -0.05) is 35.5 Å². The molecular formula is C26H34N4OS. The van der Waals surface area contributed by atoms with Gasteiger partial charge in [-0.3, -0.25) is 4.79 Å². The number of hydrogen-bond acceptors (Lipinski definition) is 4. The van der Waals surface area contributed by atoms with Crippen molar-refractivity contribution in [2.45, 2.75) is 76.4 Å². The molecular weight excluding hydrogens is 416 g/mol. The number of allylic oxidation sites excluding steroid dienone is 1. The first-order valence-electron chi connectivity index (χ1n) is 11.9. The van der Waals surface area contributed by atoms with Crippen LogP contribution in [0.3, 0.4) is 0 Å². The second-order valence-corrected chi connectivity index (χ2v) is 11.5. The van der Waals surface area contributed by atoms with Gasteiger partial charge in [0.1, 0.15) is 5.82 Å². The molecule has 0 saturated heterocycles. The quantitative estimate of drug-likeness (QED) is 0.441. The number of rotatable bonds is 7. The van der Waals surface area contributed by atoms with Gasteiger partial charge < -0.3 is 9.88 Å². The first-order valence-corrected chi connectivity index (χ1v) is 12.9. The highest BCUT2D eigenvalue weighted by Crippen LogP contribution is 2.60. The zero-order valence-corrected chi connectivity index (χ0v) is 20.3. The van der Waals surface area contributed by atoms with Crippen molar-refractivity contribution in [2.24, 2.45) is 17.8 Å². The number of aryl methyl sites for hydroxylation is 3. The summed E-state index contributed by atoms with van der Waals surface area (Å²) in [6.07, 6.45) is 9.93. The first kappa shape index (κ1) is 21.7. The van der Waals surface area contributed by atoms with Gasteiger partial charge in [0.2, 0.25) is 5.91 Å². The van der Waals surface area contributed by atoms with Crippen LogP contribution in [0.2, 0.25) is 0 Å². The second-order valence-electron chi connectivity index (χ2n) is 10.5. The number of aromatic nitrogens is 3. The molecule has 0 radical (unpaired) electrons. The van der Waals surface area contributed by atoms with E-state index in [1.54, 1.807) is 0 Å². The van der Waals surface area contributed by atoms with E-state index in [4.69, 9.17) is 5.10 Å². The van der Waals surface area contributed by atoms with Crippen molar-refractivity contribution in [3.8, 4) is 0 Å². The number of carbonyl (C=O) groups is 1. The van der Waals surface area contributed by atoms with Crippen molar-refractivity contribution >= 4 is 23.4 Å². The maximum absolute atomic E-state index is 12.8. The molecule has 4 bridgehead atoms. The number of nitrogens with one attached hydrogen (secondary N) is 1. The molecule has 6 rings (SSSR count). The van der Waals surface area contributed by atoms with Gasteiger partial charge >= 0.3 is 0 Å². The van der Waals surface area contributed by atoms with Crippen molar-refractivity contribution in [1.29, 1.82) is 0 Å². The Hall–Kier alpha value is -2.08. The molecule has 1 aromatic carbocycles. The fourth-order valence-corrected chi connectivity index (χ4v) is 7.90. The largest absolute Gasteiger partial charge is 0.325 e. The minimum Gasteiger partial charge on any atom is -0.325 e. The van der Waals surface area contributed by atoms with E-state index >= 15 is 0 Å². The first-order chi connectivity index (χ1) is 15.4. The SMILES string of the molecule is C=CCn1c(SCC(=O)Nc2c(C)cc(C)cc2C)nnc1C12CC3CC(CC(C3)C1)C2. The molecule has 1 aromatic heterocycles. The van der Waals surface area contributed by atoms with Crippen LogP contribution < -0.4 is 5.32 Å². The molecule has 32 heavy (non-hydrogen) atoms. The predicted molar refractivity (Wildman–Crippen MR) is 130 cm³/mol. The van der Waals surface area contributed by atoms with Crippen LogP contribution >= 0.6 is 11.8 Å². The van der Waals surface area contributed by atoms with Gasteiger partial charge in [0, 0.05) is 17.6 Å². The van der Waals surface area contributed by atoms with E-state index in [2.05, 4.69) is 40.6 Å². The molecule has 170 valence electrons. The summed E-state index contributed by atoms with van der Waals surface area (Å²) < 4.78 is 2.24. The highest BCUT2D eigenvalue weighted by molar-refractivity contribution is 7.99. The molecule has 0 aliphatic heterocycles. The van der Waals surface area contributed by atoms with Crippen LogP contribution in [-0.4, -0.2) is 26.4 Å². The lowest BCUT2D eigenvalue weighted by Gasteiger charge is -2.56. The number of carbonyl (C=O) groups excluding carboxylic acids is 1. The fraction of sp³-hybridized carbons (Fsp3) is 0.577. The van der Waals surface area contributed by atoms with Crippen LogP contribution in [0.25, 0.3) is 0 Å². The summed E-state index contributed by atoms with van der Waals surface area (Å²) in [5.74, 6) is 4.04. The van der Waals surface area contributed by atoms with Crippen molar-refractivity contribution < 1.29 is 4.79 Å². The van der Waals surface area contributed by atoms with Crippen molar-refractivity contribution in [3.63, 3.8) is 0 Å². The molecule has 0 spiro atoms. The van der Waals surface area contributed by atoms with E-state index in [1.807, 2.05) is 19.9 Å². The molecule has 2 aromatic rings. The Morgan fingerprint density at radius 3 is 2.28 bits per heavy atom. The number of benzene rings is 1. The Morgan fingerprint density at radius 2 is 1.72 bits per heavy atom. The number of thioether (sulfide) groups is 1. The Balaban J connectivity index is 1.33. The maximum Gasteiger partial charge on any atom is 0.234 e. The second kappa shape index (κ2) is 8.36. The van der Waals surface area contributed by atoms with Crippen LogP contribution in [0.1, 0.15) is 61.0 Å². The molecule has 4 aliphatic rings. The van der Waals surface area contributed by atoms with Crippen molar-refractivity contribution in [3.05, 3.63) is 47.3 Å². The molecule has 1 amide bonds. The Labute approximate surface area is 195 Å². The maximum atomic E-state index is 12.8. The zero-order chi connectivity index (χ0) is 22.5. The fourth-order valence-electron chi connectivity index (χ4n) is 7.15. The third-order valence-electron chi connectivity index (χ3n) is 7.81. The van der Waals surface area contributed by atoms with E-state index in [9.17, 15) is 4.79 Å². The van der Waals surface area contributed by atoms with Gasteiger partial charge in [-0.05, 0) is 88.2 Å². The smallest absolute Gasteiger partial charge is 0.234 e. The van der Waals surface area contributed by atoms with Gasteiger partial charge in [0.05, 0.1) is 5.75 Å². The molecule has 1 N–H and O–H groups in total. The molecule has 4 saturated carbocycles. The van der Waals surface area contributed by atoms with Crippen LogP contribution in [0.4, 0.5) is 5.69 Å². The number of nitrogens with zero attached hydrogens (tertiary/aromatic N) is 3. The Kier molecular flexibility index (Phi) is 5.68. The summed E-state index contributed by atoms with van der Waals surface area (Å²) in [5, 5.41) is 13.2. The van der Waals surface area contributed by atoms with Gasteiger partial charge in [-0.2, -0.15) is 0 Å². The summed E-state index contributed by atoms with van der Waals surface area (Å²) in [4.78, 5) is 12.8. The lowest BCUT2D eigenvalue weighted by Crippen LogP contribution is -2.49. The normalized spacial score (nSPS) is 28.2. The molecule has 4 aliphatic carbocycles. The van der Waals surface area contributed by atoms with E-state index < -0.39 is 0 Å². The summed E-state index contributed by atoms with van der Waals surface area (Å²) in [7, 11) is 0. The van der Waals surface area contributed by atoms with E-state index in [0.29, 0.717) is 12.3 Å².